The largest absolute Gasteiger partial charge is 0.393 e. The summed E-state index contributed by atoms with van der Waals surface area (Å²) in [7, 11) is 0. The molecule has 4 bridgehead atoms. The summed E-state index contributed by atoms with van der Waals surface area (Å²) in [6, 6.07) is 0.800. The Labute approximate surface area is 112 Å². The minimum absolute atomic E-state index is 0.153. The van der Waals surface area contributed by atoms with Crippen molar-refractivity contribution in [2.45, 2.75) is 64.5 Å². The van der Waals surface area contributed by atoms with Gasteiger partial charge in [-0.1, -0.05) is 6.92 Å². The van der Waals surface area contributed by atoms with Gasteiger partial charge in [-0.05, 0) is 81.6 Å². The maximum absolute atomic E-state index is 9.43. The third-order valence-electron chi connectivity index (χ3n) is 5.67. The minimum Gasteiger partial charge on any atom is -0.393 e. The topological polar surface area (TPSA) is 32.3 Å². The van der Waals surface area contributed by atoms with Crippen molar-refractivity contribution in [2.24, 2.45) is 29.6 Å². The molecule has 2 nitrogen and oxygen atoms in total. The zero-order valence-corrected chi connectivity index (χ0v) is 11.9. The summed E-state index contributed by atoms with van der Waals surface area (Å²) < 4.78 is 0. The van der Waals surface area contributed by atoms with Crippen LogP contribution in [0.1, 0.15) is 52.4 Å². The van der Waals surface area contributed by atoms with Crippen LogP contribution < -0.4 is 5.32 Å². The van der Waals surface area contributed by atoms with E-state index in [2.05, 4.69) is 12.2 Å². The summed E-state index contributed by atoms with van der Waals surface area (Å²) in [5, 5.41) is 13.3. The Hall–Kier alpha value is -0.0800. The predicted molar refractivity (Wildman–Crippen MR) is 74.3 cm³/mol. The van der Waals surface area contributed by atoms with Crippen molar-refractivity contribution in [3.8, 4) is 0 Å². The molecule has 2 atom stereocenters. The summed E-state index contributed by atoms with van der Waals surface area (Å²) in [6.45, 7) is 5.26. The molecule has 0 aromatic heterocycles. The molecular weight excluding hydrogens is 222 g/mol. The maximum atomic E-state index is 9.43. The van der Waals surface area contributed by atoms with Crippen LogP contribution in [0.4, 0.5) is 0 Å². The van der Waals surface area contributed by atoms with Gasteiger partial charge in [0.05, 0.1) is 6.10 Å². The van der Waals surface area contributed by atoms with E-state index in [9.17, 15) is 5.11 Å². The van der Waals surface area contributed by atoms with E-state index in [1.54, 1.807) is 0 Å². The zero-order valence-electron chi connectivity index (χ0n) is 11.9. The summed E-state index contributed by atoms with van der Waals surface area (Å²) in [5.41, 5.74) is 0. The Morgan fingerprint density at radius 3 is 2.06 bits per heavy atom. The van der Waals surface area contributed by atoms with Crippen LogP contribution in [0.25, 0.3) is 0 Å². The van der Waals surface area contributed by atoms with Gasteiger partial charge in [-0.25, -0.2) is 0 Å². The van der Waals surface area contributed by atoms with E-state index in [1.807, 2.05) is 6.92 Å². The van der Waals surface area contributed by atoms with Crippen LogP contribution in [-0.4, -0.2) is 23.8 Å². The van der Waals surface area contributed by atoms with E-state index >= 15 is 0 Å². The molecule has 0 saturated heterocycles. The fourth-order valence-electron chi connectivity index (χ4n) is 5.26. The van der Waals surface area contributed by atoms with Crippen LogP contribution in [0.3, 0.4) is 0 Å². The first kappa shape index (κ1) is 12.9. The SMILES string of the molecule is CC(O)CC(C)CNC1C2CC3CC(C2)CC1C3. The molecular formula is C16H29NO. The number of hydrogen-bond donors (Lipinski definition) is 2. The van der Waals surface area contributed by atoms with Crippen molar-refractivity contribution >= 4 is 0 Å². The smallest absolute Gasteiger partial charge is 0.0515 e. The van der Waals surface area contributed by atoms with Gasteiger partial charge in [-0.3, -0.25) is 0 Å². The average molecular weight is 251 g/mol. The van der Waals surface area contributed by atoms with Crippen LogP contribution in [0, 0.1) is 29.6 Å². The van der Waals surface area contributed by atoms with Gasteiger partial charge in [0.2, 0.25) is 0 Å². The molecule has 104 valence electrons. The molecule has 4 aliphatic rings. The van der Waals surface area contributed by atoms with E-state index < -0.39 is 0 Å². The molecule has 2 heteroatoms. The van der Waals surface area contributed by atoms with Crippen molar-refractivity contribution < 1.29 is 5.11 Å². The zero-order chi connectivity index (χ0) is 12.7. The molecule has 0 aliphatic heterocycles. The first-order valence-electron chi connectivity index (χ1n) is 8.03. The highest BCUT2D eigenvalue weighted by atomic mass is 16.3. The molecule has 0 spiro atoms. The van der Waals surface area contributed by atoms with E-state index in [0.29, 0.717) is 5.92 Å². The van der Waals surface area contributed by atoms with Crippen LogP contribution in [-0.2, 0) is 0 Å². The standard InChI is InChI=1S/C16H29NO/c1-10(3-11(2)18)9-17-16-14-5-12-4-13(7-14)8-15(16)6-12/h10-18H,3-9H2,1-2H3. The van der Waals surface area contributed by atoms with E-state index in [0.717, 1.165) is 42.7 Å². The van der Waals surface area contributed by atoms with Gasteiger partial charge in [-0.15, -0.1) is 0 Å². The van der Waals surface area contributed by atoms with Crippen LogP contribution in [0.5, 0.6) is 0 Å². The maximum Gasteiger partial charge on any atom is 0.0515 e. The van der Waals surface area contributed by atoms with E-state index in [1.165, 1.54) is 32.1 Å². The second kappa shape index (κ2) is 5.13. The fraction of sp³-hybridized carbons (Fsp3) is 1.00. The third kappa shape index (κ3) is 2.60. The Morgan fingerprint density at radius 1 is 1.00 bits per heavy atom. The normalized spacial score (nSPS) is 45.2. The lowest BCUT2D eigenvalue weighted by Gasteiger charge is -2.54. The quantitative estimate of drug-likeness (QED) is 0.787. The van der Waals surface area contributed by atoms with Gasteiger partial charge >= 0.3 is 0 Å². The van der Waals surface area contributed by atoms with Gasteiger partial charge in [0.1, 0.15) is 0 Å². The lowest BCUT2D eigenvalue weighted by Crippen LogP contribution is -2.55. The number of rotatable bonds is 5. The first-order valence-corrected chi connectivity index (χ1v) is 8.03. The van der Waals surface area contributed by atoms with Crippen molar-refractivity contribution in [3.05, 3.63) is 0 Å². The third-order valence-corrected chi connectivity index (χ3v) is 5.67. The molecule has 4 fully saturated rings. The van der Waals surface area contributed by atoms with Crippen molar-refractivity contribution in [2.75, 3.05) is 6.54 Å². The minimum atomic E-state index is -0.153. The molecule has 18 heavy (non-hydrogen) atoms. The summed E-state index contributed by atoms with van der Waals surface area (Å²) in [4.78, 5) is 0. The highest BCUT2D eigenvalue weighted by Gasteiger charge is 2.47. The number of aliphatic hydroxyl groups excluding tert-OH is 1. The molecule has 2 unspecified atom stereocenters. The molecule has 0 aromatic rings. The second-order valence-electron chi connectivity index (χ2n) is 7.55. The van der Waals surface area contributed by atoms with Crippen molar-refractivity contribution in [1.82, 2.24) is 5.32 Å². The van der Waals surface area contributed by atoms with Crippen molar-refractivity contribution in [3.63, 3.8) is 0 Å². The Bertz CT molecular complexity index is 261. The number of hydrogen-bond acceptors (Lipinski definition) is 2. The summed E-state index contributed by atoms with van der Waals surface area (Å²) in [5.74, 6) is 4.68. The monoisotopic (exact) mass is 251 g/mol. The van der Waals surface area contributed by atoms with Crippen LogP contribution in [0.2, 0.25) is 0 Å². The molecule has 0 heterocycles. The Balaban J connectivity index is 1.51. The highest BCUT2D eigenvalue weighted by molar-refractivity contribution is 5.01. The van der Waals surface area contributed by atoms with Crippen LogP contribution >= 0.6 is 0 Å². The highest BCUT2D eigenvalue weighted by Crippen LogP contribution is 2.53. The van der Waals surface area contributed by atoms with Gasteiger partial charge in [0.15, 0.2) is 0 Å². The van der Waals surface area contributed by atoms with Gasteiger partial charge in [0, 0.05) is 6.04 Å². The fourth-order valence-corrected chi connectivity index (χ4v) is 5.26. The van der Waals surface area contributed by atoms with E-state index in [4.69, 9.17) is 0 Å². The molecule has 0 amide bonds. The van der Waals surface area contributed by atoms with E-state index in [-0.39, 0.29) is 6.10 Å². The Morgan fingerprint density at radius 2 is 1.56 bits per heavy atom. The summed E-state index contributed by atoms with van der Waals surface area (Å²) >= 11 is 0. The molecule has 4 rings (SSSR count). The van der Waals surface area contributed by atoms with Gasteiger partial charge in [0.25, 0.3) is 0 Å². The number of aliphatic hydroxyl groups is 1. The average Bonchev–Trinajstić information content (AvgIpc) is 2.25. The molecule has 0 radical (unpaired) electrons. The second-order valence-corrected chi connectivity index (χ2v) is 7.55. The lowest BCUT2D eigenvalue weighted by molar-refractivity contribution is -0.0150. The van der Waals surface area contributed by atoms with Crippen molar-refractivity contribution in [1.29, 1.82) is 0 Å². The lowest BCUT2D eigenvalue weighted by atomic mass is 9.54. The van der Waals surface area contributed by atoms with Gasteiger partial charge < -0.3 is 10.4 Å². The number of nitrogens with one attached hydrogen (secondary N) is 1. The summed E-state index contributed by atoms with van der Waals surface area (Å²) in [6.07, 6.45) is 8.30. The Kier molecular flexibility index (Phi) is 3.68. The molecule has 2 N–H and O–H groups in total. The molecule has 0 aromatic carbocycles. The molecule has 4 aliphatic carbocycles. The van der Waals surface area contributed by atoms with Gasteiger partial charge in [-0.2, -0.15) is 0 Å². The first-order chi connectivity index (χ1) is 8.61. The molecule has 4 saturated carbocycles. The predicted octanol–water partition coefficient (Wildman–Crippen LogP) is 2.81. The van der Waals surface area contributed by atoms with Crippen LogP contribution in [0.15, 0.2) is 0 Å².